The quantitative estimate of drug-likeness (QED) is 0.475. The van der Waals surface area contributed by atoms with Gasteiger partial charge >= 0.3 is 5.97 Å². The third kappa shape index (κ3) is 4.62. The van der Waals surface area contributed by atoms with E-state index in [1.807, 2.05) is 0 Å². The Kier molecular flexibility index (Phi) is 6.45. The molecule has 0 atom stereocenters. The minimum absolute atomic E-state index is 0.0702. The maximum absolute atomic E-state index is 13.0. The van der Waals surface area contributed by atoms with Crippen LogP contribution < -0.4 is 4.74 Å². The predicted molar refractivity (Wildman–Crippen MR) is 115 cm³/mol. The number of methoxy groups -OCH3 is 1. The van der Waals surface area contributed by atoms with E-state index in [1.54, 1.807) is 24.3 Å². The lowest BCUT2D eigenvalue weighted by Gasteiger charge is -2.18. The zero-order chi connectivity index (χ0) is 22.7. The molecule has 0 aliphatic carbocycles. The molecule has 1 aliphatic heterocycles. The molecule has 1 aromatic heterocycles. The fourth-order valence-electron chi connectivity index (χ4n) is 3.31. The monoisotopic (exact) mass is 477 g/mol. The Morgan fingerprint density at radius 3 is 2.56 bits per heavy atom. The highest BCUT2D eigenvalue weighted by molar-refractivity contribution is 7.89. The number of hydrogen-bond donors (Lipinski definition) is 0. The number of carbonyl (C=O) groups is 1. The third-order valence-corrected chi connectivity index (χ3v) is 7.15. The van der Waals surface area contributed by atoms with Crippen LogP contribution in [0.3, 0.4) is 0 Å². The van der Waals surface area contributed by atoms with Crippen LogP contribution in [0.25, 0.3) is 11.4 Å². The van der Waals surface area contributed by atoms with Gasteiger partial charge in [-0.2, -0.15) is 9.29 Å². The van der Waals surface area contributed by atoms with Crippen molar-refractivity contribution in [3.63, 3.8) is 0 Å². The number of esters is 1. The summed E-state index contributed by atoms with van der Waals surface area (Å²) in [4.78, 5) is 16.7. The molecule has 0 N–H and O–H groups in total. The summed E-state index contributed by atoms with van der Waals surface area (Å²) in [5.41, 5.74) is 0.767. The van der Waals surface area contributed by atoms with Crippen LogP contribution in [0, 0.1) is 0 Å². The summed E-state index contributed by atoms with van der Waals surface area (Å²) in [6.07, 6.45) is 1.59. The van der Waals surface area contributed by atoms with Crippen molar-refractivity contribution in [2.75, 3.05) is 20.2 Å². The minimum Gasteiger partial charge on any atom is -0.495 e. The third-order valence-electron chi connectivity index (χ3n) is 4.98. The number of carbonyl (C=O) groups excluding carboxylic acids is 1. The second-order valence-electron chi connectivity index (χ2n) is 7.07. The summed E-state index contributed by atoms with van der Waals surface area (Å²) in [6, 6.07) is 11.0. The van der Waals surface area contributed by atoms with E-state index in [0.717, 1.165) is 12.8 Å². The molecular formula is C21H20ClN3O6S. The van der Waals surface area contributed by atoms with E-state index in [4.69, 9.17) is 25.6 Å². The summed E-state index contributed by atoms with van der Waals surface area (Å²) < 4.78 is 42.9. The van der Waals surface area contributed by atoms with Gasteiger partial charge in [0.15, 0.2) is 6.61 Å². The Balaban J connectivity index is 1.49. The molecule has 1 saturated heterocycles. The average Bonchev–Trinajstić information content (AvgIpc) is 3.50. The first-order chi connectivity index (χ1) is 15.4. The summed E-state index contributed by atoms with van der Waals surface area (Å²) in [6.45, 7) is 0.611. The van der Waals surface area contributed by atoms with Crippen molar-refractivity contribution in [1.82, 2.24) is 14.4 Å². The molecule has 0 amide bonds. The normalized spacial score (nSPS) is 14.4. The van der Waals surface area contributed by atoms with Gasteiger partial charge in [0.25, 0.3) is 5.89 Å². The highest BCUT2D eigenvalue weighted by Crippen LogP contribution is 2.30. The van der Waals surface area contributed by atoms with Crippen molar-refractivity contribution in [2.24, 2.45) is 0 Å². The Morgan fingerprint density at radius 1 is 1.16 bits per heavy atom. The summed E-state index contributed by atoms with van der Waals surface area (Å²) in [7, 11) is -2.41. The number of hydrogen-bond acceptors (Lipinski definition) is 8. The van der Waals surface area contributed by atoms with Crippen LogP contribution in [-0.4, -0.2) is 49.0 Å². The predicted octanol–water partition coefficient (Wildman–Crippen LogP) is 3.54. The van der Waals surface area contributed by atoms with Gasteiger partial charge in [-0.05, 0) is 55.3 Å². The SMILES string of the molecule is COc1ccc(C(=O)OCc2nc(-c3ccc(Cl)cc3)no2)cc1S(=O)(=O)N1CCCC1. The maximum atomic E-state index is 13.0. The largest absolute Gasteiger partial charge is 0.495 e. The molecule has 0 unspecified atom stereocenters. The number of benzene rings is 2. The second kappa shape index (κ2) is 9.27. The first-order valence-electron chi connectivity index (χ1n) is 9.82. The van der Waals surface area contributed by atoms with Crippen LogP contribution in [0.1, 0.15) is 29.1 Å². The first-order valence-corrected chi connectivity index (χ1v) is 11.6. The van der Waals surface area contributed by atoms with Gasteiger partial charge in [0.1, 0.15) is 10.6 Å². The molecule has 9 nitrogen and oxygen atoms in total. The number of ether oxygens (including phenoxy) is 2. The molecule has 0 radical (unpaired) electrons. The van der Waals surface area contributed by atoms with Gasteiger partial charge in [-0.25, -0.2) is 13.2 Å². The number of rotatable bonds is 7. The Bertz CT molecular complexity index is 1220. The van der Waals surface area contributed by atoms with Crippen LogP contribution in [0.2, 0.25) is 5.02 Å². The smallest absolute Gasteiger partial charge is 0.338 e. The van der Waals surface area contributed by atoms with Crippen molar-refractivity contribution in [1.29, 1.82) is 0 Å². The van der Waals surface area contributed by atoms with Gasteiger partial charge in [-0.15, -0.1) is 0 Å². The van der Waals surface area contributed by atoms with Crippen LogP contribution in [0.15, 0.2) is 51.9 Å². The number of aromatic nitrogens is 2. The molecule has 2 aromatic carbocycles. The first kappa shape index (κ1) is 22.3. The van der Waals surface area contributed by atoms with Gasteiger partial charge in [-0.3, -0.25) is 0 Å². The zero-order valence-corrected chi connectivity index (χ0v) is 18.7. The second-order valence-corrected chi connectivity index (χ2v) is 9.41. The summed E-state index contributed by atoms with van der Waals surface area (Å²) >= 11 is 5.87. The summed E-state index contributed by atoms with van der Waals surface area (Å²) in [5, 5.41) is 4.44. The Hall–Kier alpha value is -2.95. The maximum Gasteiger partial charge on any atom is 0.338 e. The fraction of sp³-hybridized carbons (Fsp3) is 0.286. The van der Waals surface area contributed by atoms with E-state index in [0.29, 0.717) is 29.5 Å². The van der Waals surface area contributed by atoms with Gasteiger partial charge in [0, 0.05) is 23.7 Å². The van der Waals surface area contributed by atoms with Crippen molar-refractivity contribution in [3.05, 3.63) is 58.9 Å². The fourth-order valence-corrected chi connectivity index (χ4v) is 5.14. The number of sulfonamides is 1. The molecule has 4 rings (SSSR count). The zero-order valence-electron chi connectivity index (χ0n) is 17.2. The van der Waals surface area contributed by atoms with E-state index in [2.05, 4.69) is 10.1 Å². The van der Waals surface area contributed by atoms with E-state index < -0.39 is 16.0 Å². The van der Waals surface area contributed by atoms with E-state index >= 15 is 0 Å². The van der Waals surface area contributed by atoms with Gasteiger partial charge < -0.3 is 14.0 Å². The highest BCUT2D eigenvalue weighted by atomic mass is 35.5. The molecular weight excluding hydrogens is 458 g/mol. The molecule has 11 heteroatoms. The minimum atomic E-state index is -3.78. The van der Waals surface area contributed by atoms with Gasteiger partial charge in [0.2, 0.25) is 15.8 Å². The Morgan fingerprint density at radius 2 is 1.88 bits per heavy atom. The topological polar surface area (TPSA) is 112 Å². The Labute approximate surface area is 189 Å². The van der Waals surface area contributed by atoms with Crippen molar-refractivity contribution in [2.45, 2.75) is 24.3 Å². The molecule has 168 valence electrons. The molecule has 0 bridgehead atoms. The van der Waals surface area contributed by atoms with Crippen LogP contribution in [0.4, 0.5) is 0 Å². The lowest BCUT2D eigenvalue weighted by atomic mass is 10.2. The number of nitrogens with zero attached hydrogens (tertiary/aromatic N) is 3. The molecule has 0 saturated carbocycles. The average molecular weight is 478 g/mol. The van der Waals surface area contributed by atoms with Crippen LogP contribution in [0.5, 0.6) is 5.75 Å². The standard InChI is InChI=1S/C21H20ClN3O6S/c1-29-17-9-6-15(12-18(17)32(27,28)25-10-2-3-11-25)21(26)30-13-19-23-20(24-31-19)14-4-7-16(22)8-5-14/h4-9,12H,2-3,10-11,13H2,1H3. The van der Waals surface area contributed by atoms with E-state index in [-0.39, 0.29) is 28.7 Å². The number of halogens is 1. The lowest BCUT2D eigenvalue weighted by molar-refractivity contribution is 0.0429. The van der Waals surface area contributed by atoms with E-state index in [9.17, 15) is 13.2 Å². The summed E-state index contributed by atoms with van der Waals surface area (Å²) in [5.74, 6) is -0.132. The van der Waals surface area contributed by atoms with Crippen molar-refractivity contribution >= 4 is 27.6 Å². The lowest BCUT2D eigenvalue weighted by Crippen LogP contribution is -2.28. The van der Waals surface area contributed by atoms with Gasteiger partial charge in [-0.1, -0.05) is 16.8 Å². The molecule has 3 aromatic rings. The van der Waals surface area contributed by atoms with Crippen LogP contribution >= 0.6 is 11.6 Å². The van der Waals surface area contributed by atoms with Crippen LogP contribution in [-0.2, 0) is 21.4 Å². The molecule has 2 heterocycles. The molecule has 0 spiro atoms. The van der Waals surface area contributed by atoms with Gasteiger partial charge in [0.05, 0.1) is 12.7 Å². The van der Waals surface area contributed by atoms with E-state index in [1.165, 1.54) is 29.6 Å². The van der Waals surface area contributed by atoms with Crippen molar-refractivity contribution < 1.29 is 27.2 Å². The molecule has 32 heavy (non-hydrogen) atoms. The highest BCUT2D eigenvalue weighted by Gasteiger charge is 2.31. The molecule has 1 fully saturated rings. The molecule has 1 aliphatic rings. The van der Waals surface area contributed by atoms with Crippen molar-refractivity contribution in [3.8, 4) is 17.1 Å².